The van der Waals surface area contributed by atoms with Crippen LogP contribution in [-0.2, 0) is 6.42 Å². The number of amides is 1. The Morgan fingerprint density at radius 3 is 2.52 bits per heavy atom. The summed E-state index contributed by atoms with van der Waals surface area (Å²) in [6.45, 7) is 1.78. The third kappa shape index (κ3) is 4.77. The average molecular weight is 390 g/mol. The van der Waals surface area contributed by atoms with Crippen LogP contribution in [-0.4, -0.2) is 29.0 Å². The molecule has 2 aromatic carbocycles. The smallest absolute Gasteiger partial charge is 0.274 e. The summed E-state index contributed by atoms with van der Waals surface area (Å²) >= 11 is 0. The fraction of sp³-hybridized carbons (Fsp3) is 0.261. The number of aromatic nitrogens is 2. The number of hydrogen-bond donors (Lipinski definition) is 1. The van der Waals surface area contributed by atoms with Gasteiger partial charge in [-0.3, -0.25) is 4.79 Å². The summed E-state index contributed by atoms with van der Waals surface area (Å²) in [5.74, 6) is 0.462. The Morgan fingerprint density at radius 2 is 1.76 bits per heavy atom. The normalized spacial score (nSPS) is 14.6. The molecule has 1 aromatic heterocycles. The highest BCUT2D eigenvalue weighted by atomic mass is 19.1. The third-order valence-corrected chi connectivity index (χ3v) is 5.31. The molecule has 29 heavy (non-hydrogen) atoms. The monoisotopic (exact) mass is 390 g/mol. The molecule has 6 heteroatoms. The molecule has 0 saturated carbocycles. The summed E-state index contributed by atoms with van der Waals surface area (Å²) in [4.78, 5) is 23.1. The van der Waals surface area contributed by atoms with Crippen molar-refractivity contribution in [3.05, 3.63) is 84.1 Å². The number of nitrogens with one attached hydrogen (secondary N) is 1. The summed E-state index contributed by atoms with van der Waals surface area (Å²) in [7, 11) is 0. The van der Waals surface area contributed by atoms with E-state index in [1.807, 2.05) is 6.07 Å². The topological polar surface area (TPSA) is 58.1 Å². The molecule has 1 aliphatic rings. The zero-order chi connectivity index (χ0) is 20.1. The van der Waals surface area contributed by atoms with Crippen molar-refractivity contribution in [3.63, 3.8) is 0 Å². The Morgan fingerprint density at radius 1 is 1.03 bits per heavy atom. The first-order chi connectivity index (χ1) is 14.2. The first-order valence-corrected chi connectivity index (χ1v) is 9.86. The van der Waals surface area contributed by atoms with Gasteiger partial charge in [0, 0.05) is 19.2 Å². The highest BCUT2D eigenvalue weighted by Gasteiger charge is 2.21. The summed E-state index contributed by atoms with van der Waals surface area (Å²) in [5.41, 5.74) is 1.74. The van der Waals surface area contributed by atoms with Crippen LogP contribution in [0.4, 0.5) is 15.9 Å². The maximum Gasteiger partial charge on any atom is 0.274 e. The Kier molecular flexibility index (Phi) is 5.79. The second-order valence-corrected chi connectivity index (χ2v) is 7.32. The van der Waals surface area contributed by atoms with E-state index in [0.717, 1.165) is 38.2 Å². The molecule has 1 amide bonds. The molecule has 0 atom stereocenters. The summed E-state index contributed by atoms with van der Waals surface area (Å²) in [5, 5.41) is 2.57. The first kappa shape index (κ1) is 19.1. The van der Waals surface area contributed by atoms with E-state index in [-0.39, 0.29) is 11.4 Å². The van der Waals surface area contributed by atoms with Gasteiger partial charge in [-0.05, 0) is 42.9 Å². The number of rotatable bonds is 5. The van der Waals surface area contributed by atoms with Gasteiger partial charge < -0.3 is 10.2 Å². The molecule has 0 spiro atoms. The number of anilines is 2. The molecule has 0 radical (unpaired) electrons. The predicted octanol–water partition coefficient (Wildman–Crippen LogP) is 4.33. The second-order valence-electron chi connectivity index (χ2n) is 7.32. The van der Waals surface area contributed by atoms with Crippen LogP contribution in [0.2, 0.25) is 0 Å². The molecule has 5 nitrogen and oxygen atoms in total. The van der Waals surface area contributed by atoms with Gasteiger partial charge in [0.1, 0.15) is 23.7 Å². The lowest BCUT2D eigenvalue weighted by Gasteiger charge is -2.33. The second kappa shape index (κ2) is 8.82. The molecule has 1 saturated heterocycles. The molecule has 2 heterocycles. The molecule has 1 aliphatic heterocycles. The fourth-order valence-electron chi connectivity index (χ4n) is 3.71. The van der Waals surface area contributed by atoms with Crippen molar-refractivity contribution in [1.82, 2.24) is 9.97 Å². The number of hydrogen-bond acceptors (Lipinski definition) is 4. The number of carbonyl (C=O) groups excluding carboxylic acids is 1. The van der Waals surface area contributed by atoms with Gasteiger partial charge in [0.2, 0.25) is 0 Å². The lowest BCUT2D eigenvalue weighted by atomic mass is 9.90. The van der Waals surface area contributed by atoms with E-state index in [9.17, 15) is 9.18 Å². The molecule has 1 fully saturated rings. The zero-order valence-corrected chi connectivity index (χ0v) is 16.1. The Hall–Kier alpha value is -3.28. The maximum atomic E-state index is 13.8. The molecule has 0 aliphatic carbocycles. The van der Waals surface area contributed by atoms with E-state index >= 15 is 0 Å². The van der Waals surface area contributed by atoms with Gasteiger partial charge in [-0.15, -0.1) is 0 Å². The van der Waals surface area contributed by atoms with Crippen LogP contribution < -0.4 is 10.2 Å². The van der Waals surface area contributed by atoms with Crippen molar-refractivity contribution in [2.75, 3.05) is 23.3 Å². The van der Waals surface area contributed by atoms with Gasteiger partial charge in [-0.1, -0.05) is 42.5 Å². The van der Waals surface area contributed by atoms with Crippen molar-refractivity contribution in [1.29, 1.82) is 0 Å². The van der Waals surface area contributed by atoms with Crippen molar-refractivity contribution in [2.45, 2.75) is 19.3 Å². The standard InChI is InChI=1S/C23H23FN4O/c24-19-8-4-5-9-20(19)27-23(29)21-15-22(26-16-25-21)28-12-10-18(11-13-28)14-17-6-2-1-3-7-17/h1-9,15-16,18H,10-14H2,(H,27,29). The van der Waals surface area contributed by atoms with Gasteiger partial charge in [0.15, 0.2) is 0 Å². The minimum atomic E-state index is -0.476. The molecule has 0 bridgehead atoms. The first-order valence-electron chi connectivity index (χ1n) is 9.86. The molecule has 3 aromatic rings. The van der Waals surface area contributed by atoms with E-state index in [2.05, 4.69) is 44.5 Å². The van der Waals surface area contributed by atoms with E-state index in [1.54, 1.807) is 18.2 Å². The van der Waals surface area contributed by atoms with Crippen LogP contribution in [0, 0.1) is 11.7 Å². The Bertz CT molecular complexity index is 971. The Balaban J connectivity index is 1.38. The summed E-state index contributed by atoms with van der Waals surface area (Å²) in [6.07, 6.45) is 4.64. The lowest BCUT2D eigenvalue weighted by Crippen LogP contribution is -2.35. The highest BCUT2D eigenvalue weighted by Crippen LogP contribution is 2.25. The van der Waals surface area contributed by atoms with Crippen LogP contribution in [0.3, 0.4) is 0 Å². The van der Waals surface area contributed by atoms with Crippen LogP contribution in [0.5, 0.6) is 0 Å². The number of para-hydroxylation sites is 1. The molecular formula is C23H23FN4O. The van der Waals surface area contributed by atoms with Crippen LogP contribution in [0.15, 0.2) is 67.0 Å². The predicted molar refractivity (Wildman–Crippen MR) is 111 cm³/mol. The Labute approximate surface area is 169 Å². The fourth-order valence-corrected chi connectivity index (χ4v) is 3.71. The van der Waals surface area contributed by atoms with Crippen LogP contribution in [0.1, 0.15) is 28.9 Å². The van der Waals surface area contributed by atoms with Gasteiger partial charge in [-0.2, -0.15) is 0 Å². The number of benzene rings is 2. The van der Waals surface area contributed by atoms with Gasteiger partial charge in [0.05, 0.1) is 5.69 Å². The van der Waals surface area contributed by atoms with Crippen LogP contribution >= 0.6 is 0 Å². The van der Waals surface area contributed by atoms with Crippen molar-refractivity contribution >= 4 is 17.4 Å². The van der Waals surface area contributed by atoms with Crippen LogP contribution in [0.25, 0.3) is 0 Å². The number of nitrogens with zero attached hydrogens (tertiary/aromatic N) is 3. The summed E-state index contributed by atoms with van der Waals surface area (Å²) in [6, 6.07) is 18.3. The molecule has 1 N–H and O–H groups in total. The molecule has 4 rings (SSSR count). The van der Waals surface area contributed by atoms with Crippen molar-refractivity contribution < 1.29 is 9.18 Å². The number of piperidine rings is 1. The van der Waals surface area contributed by atoms with E-state index in [0.29, 0.717) is 5.92 Å². The quantitative estimate of drug-likeness (QED) is 0.705. The minimum absolute atomic E-state index is 0.138. The number of carbonyl (C=O) groups is 1. The number of halogens is 1. The largest absolute Gasteiger partial charge is 0.356 e. The van der Waals surface area contributed by atoms with Crippen molar-refractivity contribution in [2.24, 2.45) is 5.92 Å². The summed E-state index contributed by atoms with van der Waals surface area (Å²) < 4.78 is 13.8. The van der Waals surface area contributed by atoms with Gasteiger partial charge in [-0.25, -0.2) is 14.4 Å². The highest BCUT2D eigenvalue weighted by molar-refractivity contribution is 6.03. The average Bonchev–Trinajstić information content (AvgIpc) is 2.77. The van der Waals surface area contributed by atoms with E-state index in [4.69, 9.17) is 0 Å². The minimum Gasteiger partial charge on any atom is -0.356 e. The molecule has 148 valence electrons. The SMILES string of the molecule is O=C(Nc1ccccc1F)c1cc(N2CCC(Cc3ccccc3)CC2)ncn1. The zero-order valence-electron chi connectivity index (χ0n) is 16.1. The molecule has 0 unspecified atom stereocenters. The van der Waals surface area contributed by atoms with Crippen molar-refractivity contribution in [3.8, 4) is 0 Å². The van der Waals surface area contributed by atoms with Gasteiger partial charge in [0.25, 0.3) is 5.91 Å². The van der Waals surface area contributed by atoms with E-state index < -0.39 is 11.7 Å². The third-order valence-electron chi connectivity index (χ3n) is 5.31. The molecular weight excluding hydrogens is 367 g/mol. The maximum absolute atomic E-state index is 13.8. The lowest BCUT2D eigenvalue weighted by molar-refractivity contribution is 0.102. The van der Waals surface area contributed by atoms with Gasteiger partial charge >= 0.3 is 0 Å². The van der Waals surface area contributed by atoms with E-state index in [1.165, 1.54) is 24.0 Å².